The number of methoxy groups -OCH3 is 1. The lowest BCUT2D eigenvalue weighted by Crippen LogP contribution is -2.34. The van der Waals surface area contributed by atoms with Crippen LogP contribution in [0.4, 0.5) is 5.69 Å². The first-order chi connectivity index (χ1) is 13.1. The predicted octanol–water partition coefficient (Wildman–Crippen LogP) is 4.72. The number of nitrogens with zero attached hydrogens (tertiary/aromatic N) is 1. The summed E-state index contributed by atoms with van der Waals surface area (Å²) in [5.41, 5.74) is 2.23. The van der Waals surface area contributed by atoms with Crippen molar-refractivity contribution in [1.29, 1.82) is 0 Å². The van der Waals surface area contributed by atoms with Crippen molar-refractivity contribution in [3.63, 3.8) is 0 Å². The van der Waals surface area contributed by atoms with Crippen LogP contribution >= 0.6 is 23.8 Å². The van der Waals surface area contributed by atoms with Gasteiger partial charge in [0.25, 0.3) is 0 Å². The van der Waals surface area contributed by atoms with Crippen LogP contribution in [0.3, 0.4) is 0 Å². The number of halogens is 1. The van der Waals surface area contributed by atoms with E-state index in [4.69, 9.17) is 28.6 Å². The number of anilines is 1. The first kappa shape index (κ1) is 19.9. The topological polar surface area (TPSA) is 36.5 Å². The van der Waals surface area contributed by atoms with Crippen molar-refractivity contribution < 1.29 is 4.74 Å². The molecule has 0 saturated carbocycles. The Labute approximate surface area is 171 Å². The molecular formula is C21H26ClN3OS. The second kappa shape index (κ2) is 9.40. The summed E-state index contributed by atoms with van der Waals surface area (Å²) in [6.45, 7) is 5.36. The molecule has 1 fully saturated rings. The number of hydrogen-bond acceptors (Lipinski definition) is 3. The number of likely N-dealkylation sites (tertiary alicyclic amines) is 1. The van der Waals surface area contributed by atoms with Crippen LogP contribution in [0.5, 0.6) is 5.75 Å². The molecule has 144 valence electrons. The molecule has 0 unspecified atom stereocenters. The molecule has 0 spiro atoms. The van der Waals surface area contributed by atoms with Crippen LogP contribution in [0.15, 0.2) is 48.5 Å². The lowest BCUT2D eigenvalue weighted by molar-refractivity contribution is 0.253. The number of benzene rings is 2. The third-order valence-electron chi connectivity index (χ3n) is 5.11. The largest absolute Gasteiger partial charge is 0.495 e. The fourth-order valence-electron chi connectivity index (χ4n) is 3.48. The van der Waals surface area contributed by atoms with Gasteiger partial charge in [-0.1, -0.05) is 41.9 Å². The van der Waals surface area contributed by atoms with Crippen molar-refractivity contribution >= 4 is 34.6 Å². The molecule has 1 saturated heterocycles. The molecular weight excluding hydrogens is 378 g/mol. The molecule has 0 aliphatic carbocycles. The highest BCUT2D eigenvalue weighted by molar-refractivity contribution is 7.80. The minimum absolute atomic E-state index is 0.447. The fourth-order valence-corrected chi connectivity index (χ4v) is 3.94. The van der Waals surface area contributed by atoms with Gasteiger partial charge in [0.1, 0.15) is 5.75 Å². The monoisotopic (exact) mass is 403 g/mol. The lowest BCUT2D eigenvalue weighted by atomic mass is 10.1. The Morgan fingerprint density at radius 2 is 2.07 bits per heavy atom. The summed E-state index contributed by atoms with van der Waals surface area (Å²) in [6.07, 6.45) is 1.18. The summed E-state index contributed by atoms with van der Waals surface area (Å²) in [5, 5.41) is 7.70. The molecule has 0 aromatic heterocycles. The molecule has 2 atom stereocenters. The van der Waals surface area contributed by atoms with Gasteiger partial charge in [0, 0.05) is 24.8 Å². The SMILES string of the molecule is COc1ccc(NC(=S)NC[C@@H]2CCN([C@H](C)c3ccccc3)C2)cc1Cl. The quantitative estimate of drug-likeness (QED) is 0.682. The van der Waals surface area contributed by atoms with E-state index in [2.05, 4.69) is 52.8 Å². The van der Waals surface area contributed by atoms with Gasteiger partial charge in [-0.3, -0.25) is 4.90 Å². The van der Waals surface area contributed by atoms with E-state index in [1.54, 1.807) is 7.11 Å². The molecule has 2 aromatic carbocycles. The fraction of sp³-hybridized carbons (Fsp3) is 0.381. The van der Waals surface area contributed by atoms with Crippen LogP contribution < -0.4 is 15.4 Å². The zero-order valence-electron chi connectivity index (χ0n) is 15.7. The summed E-state index contributed by atoms with van der Waals surface area (Å²) >= 11 is 11.6. The average Bonchev–Trinajstić information content (AvgIpc) is 3.16. The number of thiocarbonyl (C=S) groups is 1. The summed E-state index contributed by atoms with van der Waals surface area (Å²) in [4.78, 5) is 2.54. The van der Waals surface area contributed by atoms with Gasteiger partial charge in [-0.15, -0.1) is 0 Å². The smallest absolute Gasteiger partial charge is 0.170 e. The number of hydrogen-bond donors (Lipinski definition) is 2. The van der Waals surface area contributed by atoms with Crippen LogP contribution in [0, 0.1) is 5.92 Å². The zero-order chi connectivity index (χ0) is 19.2. The average molecular weight is 404 g/mol. The van der Waals surface area contributed by atoms with E-state index in [0.29, 0.717) is 27.8 Å². The van der Waals surface area contributed by atoms with Crippen molar-refractivity contribution in [2.75, 3.05) is 32.1 Å². The highest BCUT2D eigenvalue weighted by Gasteiger charge is 2.26. The van der Waals surface area contributed by atoms with Gasteiger partial charge in [-0.05, 0) is 61.8 Å². The summed E-state index contributed by atoms with van der Waals surface area (Å²) in [5.74, 6) is 1.25. The van der Waals surface area contributed by atoms with Gasteiger partial charge >= 0.3 is 0 Å². The summed E-state index contributed by atoms with van der Waals surface area (Å²) < 4.78 is 5.17. The first-order valence-electron chi connectivity index (χ1n) is 9.24. The normalized spacial score (nSPS) is 18.1. The van der Waals surface area contributed by atoms with Crippen LogP contribution in [-0.4, -0.2) is 36.8 Å². The minimum Gasteiger partial charge on any atom is -0.495 e. The van der Waals surface area contributed by atoms with Gasteiger partial charge in [0.15, 0.2) is 5.11 Å². The molecule has 6 heteroatoms. The zero-order valence-corrected chi connectivity index (χ0v) is 17.3. The Kier molecular flexibility index (Phi) is 6.94. The Morgan fingerprint density at radius 3 is 2.78 bits per heavy atom. The molecule has 2 N–H and O–H groups in total. The standard InChI is InChI=1S/C21H26ClN3OS/c1-15(17-6-4-3-5-7-17)25-11-10-16(14-25)13-23-21(27)24-18-8-9-20(26-2)19(22)12-18/h3-9,12,15-16H,10-11,13-14H2,1-2H3,(H2,23,24,27)/t15-,16+/m1/s1. The third-order valence-corrected chi connectivity index (χ3v) is 5.65. The van der Waals surface area contributed by atoms with E-state index in [-0.39, 0.29) is 0 Å². The molecule has 0 bridgehead atoms. The molecule has 27 heavy (non-hydrogen) atoms. The maximum absolute atomic E-state index is 6.16. The molecule has 1 heterocycles. The van der Waals surface area contributed by atoms with Crippen LogP contribution in [0.25, 0.3) is 0 Å². The maximum atomic E-state index is 6.16. The van der Waals surface area contributed by atoms with Crippen molar-refractivity contribution in [1.82, 2.24) is 10.2 Å². The van der Waals surface area contributed by atoms with Gasteiger partial charge in [-0.25, -0.2) is 0 Å². The van der Waals surface area contributed by atoms with Crippen molar-refractivity contribution in [2.45, 2.75) is 19.4 Å². The van der Waals surface area contributed by atoms with Gasteiger partial charge in [0.05, 0.1) is 12.1 Å². The molecule has 3 rings (SSSR count). The molecule has 0 amide bonds. The molecule has 2 aromatic rings. The second-order valence-corrected chi connectivity index (χ2v) is 7.74. The Hall–Kier alpha value is -1.82. The van der Waals surface area contributed by atoms with Crippen molar-refractivity contribution in [3.8, 4) is 5.75 Å². The second-order valence-electron chi connectivity index (χ2n) is 6.92. The van der Waals surface area contributed by atoms with E-state index < -0.39 is 0 Å². The van der Waals surface area contributed by atoms with Gasteiger partial charge < -0.3 is 15.4 Å². The number of nitrogens with one attached hydrogen (secondary N) is 2. The molecule has 0 radical (unpaired) electrons. The van der Waals surface area contributed by atoms with E-state index in [1.165, 1.54) is 12.0 Å². The van der Waals surface area contributed by atoms with Crippen molar-refractivity contribution in [2.24, 2.45) is 5.92 Å². The van der Waals surface area contributed by atoms with Crippen LogP contribution in [0.2, 0.25) is 5.02 Å². The third kappa shape index (κ3) is 5.34. The summed E-state index contributed by atoms with van der Waals surface area (Å²) in [7, 11) is 1.60. The Morgan fingerprint density at radius 1 is 1.30 bits per heavy atom. The van der Waals surface area contributed by atoms with E-state index >= 15 is 0 Å². The summed E-state index contributed by atoms with van der Waals surface area (Å²) in [6, 6.07) is 16.7. The number of ether oxygens (including phenoxy) is 1. The number of rotatable bonds is 6. The first-order valence-corrected chi connectivity index (χ1v) is 10.0. The lowest BCUT2D eigenvalue weighted by Gasteiger charge is -2.25. The predicted molar refractivity (Wildman–Crippen MR) is 117 cm³/mol. The van der Waals surface area contributed by atoms with Gasteiger partial charge in [0.2, 0.25) is 0 Å². The maximum Gasteiger partial charge on any atom is 0.170 e. The van der Waals surface area contributed by atoms with Crippen LogP contribution in [0.1, 0.15) is 24.9 Å². The van der Waals surface area contributed by atoms with E-state index in [9.17, 15) is 0 Å². The molecule has 1 aliphatic heterocycles. The highest BCUT2D eigenvalue weighted by Crippen LogP contribution is 2.28. The van der Waals surface area contributed by atoms with Crippen LogP contribution in [-0.2, 0) is 0 Å². The van der Waals surface area contributed by atoms with E-state index in [0.717, 1.165) is 25.3 Å². The Balaban J connectivity index is 1.45. The van der Waals surface area contributed by atoms with E-state index in [1.807, 2.05) is 18.2 Å². The highest BCUT2D eigenvalue weighted by atomic mass is 35.5. The molecule has 1 aliphatic rings. The molecule has 4 nitrogen and oxygen atoms in total. The van der Waals surface area contributed by atoms with Crippen molar-refractivity contribution in [3.05, 3.63) is 59.1 Å². The Bertz CT molecular complexity index is 771. The minimum atomic E-state index is 0.447. The van der Waals surface area contributed by atoms with Gasteiger partial charge in [-0.2, -0.15) is 0 Å².